The van der Waals surface area contributed by atoms with Crippen LogP contribution in [0.25, 0.3) is 0 Å². The SMILES string of the molecule is CNCc1cccnc1N(C)CC(C)(C)O. The monoisotopic (exact) mass is 223 g/mol. The van der Waals surface area contributed by atoms with Crippen LogP contribution in [0.4, 0.5) is 5.82 Å². The van der Waals surface area contributed by atoms with Crippen molar-refractivity contribution in [2.45, 2.75) is 26.0 Å². The Bertz CT molecular complexity index is 333. The Kier molecular flexibility index (Phi) is 4.26. The zero-order valence-corrected chi connectivity index (χ0v) is 10.5. The van der Waals surface area contributed by atoms with Gasteiger partial charge in [-0.3, -0.25) is 0 Å². The molecule has 4 heteroatoms. The average molecular weight is 223 g/mol. The van der Waals surface area contributed by atoms with Crippen molar-refractivity contribution in [3.63, 3.8) is 0 Å². The Morgan fingerprint density at radius 1 is 1.50 bits per heavy atom. The summed E-state index contributed by atoms with van der Waals surface area (Å²) < 4.78 is 0. The van der Waals surface area contributed by atoms with Crippen LogP contribution in [-0.2, 0) is 6.54 Å². The largest absolute Gasteiger partial charge is 0.389 e. The van der Waals surface area contributed by atoms with E-state index in [0.29, 0.717) is 6.54 Å². The molecule has 0 aliphatic heterocycles. The standard InChI is InChI=1S/C12H21N3O/c1-12(2,16)9-15(4)11-10(8-13-3)6-5-7-14-11/h5-7,13,16H,8-9H2,1-4H3. The van der Waals surface area contributed by atoms with E-state index in [2.05, 4.69) is 10.3 Å². The zero-order valence-electron chi connectivity index (χ0n) is 10.5. The van der Waals surface area contributed by atoms with Crippen LogP contribution in [0, 0.1) is 0 Å². The predicted molar refractivity (Wildman–Crippen MR) is 66.6 cm³/mol. The van der Waals surface area contributed by atoms with Gasteiger partial charge in [-0.1, -0.05) is 6.07 Å². The van der Waals surface area contributed by atoms with E-state index >= 15 is 0 Å². The van der Waals surface area contributed by atoms with Gasteiger partial charge in [0.1, 0.15) is 5.82 Å². The molecule has 16 heavy (non-hydrogen) atoms. The number of pyridine rings is 1. The summed E-state index contributed by atoms with van der Waals surface area (Å²) in [4.78, 5) is 6.34. The molecule has 1 aromatic heterocycles. The molecule has 0 aliphatic carbocycles. The number of rotatable bonds is 5. The smallest absolute Gasteiger partial charge is 0.132 e. The third-order valence-electron chi connectivity index (χ3n) is 2.22. The molecule has 1 aromatic rings. The third-order valence-corrected chi connectivity index (χ3v) is 2.22. The second-order valence-electron chi connectivity index (χ2n) is 4.68. The number of aliphatic hydroxyl groups is 1. The molecule has 0 bridgehead atoms. The minimum atomic E-state index is -0.719. The summed E-state index contributed by atoms with van der Waals surface area (Å²) in [5.41, 5.74) is 0.417. The molecule has 0 saturated heterocycles. The maximum atomic E-state index is 9.79. The number of anilines is 1. The molecule has 0 amide bonds. The fraction of sp³-hybridized carbons (Fsp3) is 0.583. The summed E-state index contributed by atoms with van der Waals surface area (Å²) >= 11 is 0. The van der Waals surface area contributed by atoms with Gasteiger partial charge in [0, 0.05) is 31.9 Å². The molecule has 1 rings (SSSR count). The molecule has 0 spiro atoms. The molecule has 0 unspecified atom stereocenters. The Balaban J connectivity index is 2.85. The van der Waals surface area contributed by atoms with E-state index in [-0.39, 0.29) is 0 Å². The molecule has 2 N–H and O–H groups in total. The van der Waals surface area contributed by atoms with Crippen LogP contribution in [0.15, 0.2) is 18.3 Å². The first-order valence-electron chi connectivity index (χ1n) is 5.46. The van der Waals surface area contributed by atoms with Crippen molar-refractivity contribution in [2.75, 3.05) is 25.5 Å². The number of nitrogens with one attached hydrogen (secondary N) is 1. The zero-order chi connectivity index (χ0) is 12.2. The van der Waals surface area contributed by atoms with Gasteiger partial charge in [0.05, 0.1) is 5.60 Å². The summed E-state index contributed by atoms with van der Waals surface area (Å²) in [6.07, 6.45) is 1.77. The average Bonchev–Trinajstić information content (AvgIpc) is 2.16. The predicted octanol–water partition coefficient (Wildman–Crippen LogP) is 1.01. The molecule has 0 saturated carbocycles. The number of aromatic nitrogens is 1. The topological polar surface area (TPSA) is 48.4 Å². The molecular formula is C12H21N3O. The minimum absolute atomic E-state index is 0.556. The van der Waals surface area contributed by atoms with Crippen molar-refractivity contribution in [1.29, 1.82) is 0 Å². The number of likely N-dealkylation sites (N-methyl/N-ethyl adjacent to an activating group) is 1. The van der Waals surface area contributed by atoms with Gasteiger partial charge in [0.2, 0.25) is 0 Å². The summed E-state index contributed by atoms with van der Waals surface area (Å²) in [6.45, 7) is 4.93. The lowest BCUT2D eigenvalue weighted by molar-refractivity contribution is 0.0884. The number of hydrogen-bond donors (Lipinski definition) is 2. The fourth-order valence-electron chi connectivity index (χ4n) is 1.76. The molecule has 90 valence electrons. The lowest BCUT2D eigenvalue weighted by atomic mass is 10.1. The van der Waals surface area contributed by atoms with E-state index in [1.165, 1.54) is 0 Å². The van der Waals surface area contributed by atoms with E-state index in [1.807, 2.05) is 31.1 Å². The van der Waals surface area contributed by atoms with Gasteiger partial charge >= 0.3 is 0 Å². The van der Waals surface area contributed by atoms with Gasteiger partial charge in [0.25, 0.3) is 0 Å². The van der Waals surface area contributed by atoms with Crippen molar-refractivity contribution in [1.82, 2.24) is 10.3 Å². The maximum Gasteiger partial charge on any atom is 0.132 e. The van der Waals surface area contributed by atoms with Crippen molar-refractivity contribution < 1.29 is 5.11 Å². The summed E-state index contributed by atoms with van der Waals surface area (Å²) in [5.74, 6) is 0.916. The van der Waals surface area contributed by atoms with Gasteiger partial charge < -0.3 is 15.3 Å². The van der Waals surface area contributed by atoms with Crippen molar-refractivity contribution >= 4 is 5.82 Å². The third kappa shape index (κ3) is 3.79. The fourth-order valence-corrected chi connectivity index (χ4v) is 1.76. The van der Waals surface area contributed by atoms with E-state index in [0.717, 1.165) is 17.9 Å². The van der Waals surface area contributed by atoms with Crippen LogP contribution < -0.4 is 10.2 Å². The van der Waals surface area contributed by atoms with E-state index in [9.17, 15) is 5.11 Å². The lowest BCUT2D eigenvalue weighted by Gasteiger charge is -2.27. The first kappa shape index (κ1) is 12.9. The van der Waals surface area contributed by atoms with Crippen molar-refractivity contribution in [2.24, 2.45) is 0 Å². The molecule has 0 aliphatic rings. The first-order valence-corrected chi connectivity index (χ1v) is 5.46. The molecule has 0 radical (unpaired) electrons. The molecule has 0 aromatic carbocycles. The maximum absolute atomic E-state index is 9.79. The van der Waals surface area contributed by atoms with Crippen LogP contribution in [0.5, 0.6) is 0 Å². The summed E-state index contributed by atoms with van der Waals surface area (Å²) in [5, 5.41) is 12.9. The van der Waals surface area contributed by atoms with Gasteiger partial charge in [-0.05, 0) is 27.0 Å². The molecule has 0 atom stereocenters. The van der Waals surface area contributed by atoms with Crippen molar-refractivity contribution in [3.8, 4) is 0 Å². The second-order valence-corrected chi connectivity index (χ2v) is 4.68. The highest BCUT2D eigenvalue weighted by Gasteiger charge is 2.18. The van der Waals surface area contributed by atoms with Crippen LogP contribution in [-0.4, -0.2) is 36.3 Å². The Hall–Kier alpha value is -1.13. The van der Waals surface area contributed by atoms with Crippen LogP contribution >= 0.6 is 0 Å². The lowest BCUT2D eigenvalue weighted by Crippen LogP contribution is -2.37. The minimum Gasteiger partial charge on any atom is -0.389 e. The molecule has 4 nitrogen and oxygen atoms in total. The van der Waals surface area contributed by atoms with Crippen molar-refractivity contribution in [3.05, 3.63) is 23.9 Å². The van der Waals surface area contributed by atoms with Crippen LogP contribution in [0.2, 0.25) is 0 Å². The Labute approximate surface area is 97.3 Å². The van der Waals surface area contributed by atoms with Gasteiger partial charge in [-0.2, -0.15) is 0 Å². The molecular weight excluding hydrogens is 202 g/mol. The van der Waals surface area contributed by atoms with E-state index in [4.69, 9.17) is 0 Å². The highest BCUT2D eigenvalue weighted by Crippen LogP contribution is 2.17. The number of nitrogens with zero attached hydrogens (tertiary/aromatic N) is 2. The highest BCUT2D eigenvalue weighted by molar-refractivity contribution is 5.46. The Morgan fingerprint density at radius 2 is 2.19 bits per heavy atom. The number of hydrogen-bond acceptors (Lipinski definition) is 4. The Morgan fingerprint density at radius 3 is 2.75 bits per heavy atom. The highest BCUT2D eigenvalue weighted by atomic mass is 16.3. The quantitative estimate of drug-likeness (QED) is 0.782. The summed E-state index contributed by atoms with van der Waals surface area (Å²) in [6, 6.07) is 3.97. The van der Waals surface area contributed by atoms with E-state index in [1.54, 1.807) is 20.0 Å². The van der Waals surface area contributed by atoms with Crippen LogP contribution in [0.1, 0.15) is 19.4 Å². The second kappa shape index (κ2) is 5.27. The normalized spacial score (nSPS) is 11.6. The molecule has 1 heterocycles. The van der Waals surface area contributed by atoms with Crippen LogP contribution in [0.3, 0.4) is 0 Å². The molecule has 0 fully saturated rings. The van der Waals surface area contributed by atoms with E-state index < -0.39 is 5.60 Å². The summed E-state index contributed by atoms with van der Waals surface area (Å²) in [7, 11) is 3.85. The van der Waals surface area contributed by atoms with Gasteiger partial charge in [-0.25, -0.2) is 4.98 Å². The van der Waals surface area contributed by atoms with Gasteiger partial charge in [-0.15, -0.1) is 0 Å². The van der Waals surface area contributed by atoms with Gasteiger partial charge in [0.15, 0.2) is 0 Å². The first-order chi connectivity index (χ1) is 7.44.